The van der Waals surface area contributed by atoms with Gasteiger partial charge in [-0.1, -0.05) is 31.5 Å². The molecule has 1 heterocycles. The van der Waals surface area contributed by atoms with Gasteiger partial charge in [0.25, 0.3) is 0 Å². The molecular weight excluding hydrogens is 254 g/mol. The molecule has 1 aliphatic rings. The molecule has 106 valence electrons. The second-order valence-corrected chi connectivity index (χ2v) is 4.78. The minimum Gasteiger partial charge on any atom is -0.329 e. The third kappa shape index (κ3) is 3.04. The van der Waals surface area contributed by atoms with Crippen molar-refractivity contribution in [3.63, 3.8) is 0 Å². The third-order valence-corrected chi connectivity index (χ3v) is 3.31. The summed E-state index contributed by atoms with van der Waals surface area (Å²) in [6.07, 6.45) is 2.19. The van der Waals surface area contributed by atoms with Gasteiger partial charge < -0.3 is 4.90 Å². The van der Waals surface area contributed by atoms with E-state index in [1.54, 1.807) is 0 Å². The summed E-state index contributed by atoms with van der Waals surface area (Å²) in [6.45, 7) is 2.86. The Morgan fingerprint density at radius 1 is 1.25 bits per heavy atom. The number of hydrogen-bond donors (Lipinski definition) is 0. The number of amides is 3. The van der Waals surface area contributed by atoms with Crippen molar-refractivity contribution in [3.05, 3.63) is 30.3 Å². The van der Waals surface area contributed by atoms with Crippen LogP contribution in [0.25, 0.3) is 0 Å². The summed E-state index contributed by atoms with van der Waals surface area (Å²) in [5.41, 5.74) is 0.963. The Balaban J connectivity index is 2.30. The molecule has 0 fully saturated rings. The highest BCUT2D eigenvalue weighted by Gasteiger charge is 2.28. The van der Waals surface area contributed by atoms with Gasteiger partial charge in [-0.2, -0.15) is 4.99 Å². The lowest BCUT2D eigenvalue weighted by molar-refractivity contribution is -0.126. The minimum absolute atomic E-state index is 0.168. The number of carbonyl (C=O) groups is 2. The molecule has 2 rings (SSSR count). The molecule has 0 atom stereocenters. The van der Waals surface area contributed by atoms with Crippen molar-refractivity contribution < 1.29 is 9.59 Å². The molecule has 20 heavy (non-hydrogen) atoms. The Kier molecular flexibility index (Phi) is 4.50. The molecule has 0 unspecified atom stereocenters. The van der Waals surface area contributed by atoms with E-state index >= 15 is 0 Å². The van der Waals surface area contributed by atoms with E-state index in [4.69, 9.17) is 0 Å². The van der Waals surface area contributed by atoms with Crippen LogP contribution in [0.1, 0.15) is 26.2 Å². The standard InChI is InChI=1S/C15H19N3O2/c1-3-4-10-18(12-8-6-5-7-9-12)13-11-14(19)17(2)15(20)16-13/h5-9H,3-4,10-11H2,1-2H3. The van der Waals surface area contributed by atoms with Crippen LogP contribution in [0.15, 0.2) is 35.3 Å². The summed E-state index contributed by atoms with van der Waals surface area (Å²) in [4.78, 5) is 30.6. The summed E-state index contributed by atoms with van der Waals surface area (Å²) in [5.74, 6) is 0.329. The largest absolute Gasteiger partial charge is 0.351 e. The lowest BCUT2D eigenvalue weighted by Crippen LogP contribution is -2.44. The summed E-state index contributed by atoms with van der Waals surface area (Å²) >= 11 is 0. The Morgan fingerprint density at radius 2 is 1.95 bits per heavy atom. The molecule has 1 aromatic carbocycles. The molecule has 5 nitrogen and oxygen atoms in total. The van der Waals surface area contributed by atoms with E-state index in [2.05, 4.69) is 11.9 Å². The van der Waals surface area contributed by atoms with Crippen LogP contribution in [0, 0.1) is 0 Å². The van der Waals surface area contributed by atoms with Crippen molar-refractivity contribution in [2.45, 2.75) is 26.2 Å². The van der Waals surface area contributed by atoms with Gasteiger partial charge in [-0.3, -0.25) is 9.69 Å². The third-order valence-electron chi connectivity index (χ3n) is 3.31. The van der Waals surface area contributed by atoms with Gasteiger partial charge in [0.2, 0.25) is 5.91 Å². The molecule has 0 saturated heterocycles. The summed E-state index contributed by atoms with van der Waals surface area (Å²) in [7, 11) is 1.46. The number of rotatable bonds is 4. The molecular formula is C15H19N3O2. The summed E-state index contributed by atoms with van der Waals surface area (Å²) in [6, 6.07) is 9.25. The Morgan fingerprint density at radius 3 is 2.55 bits per heavy atom. The minimum atomic E-state index is -0.492. The number of aliphatic imine (C=N–C) groups is 1. The van der Waals surface area contributed by atoms with Crippen molar-refractivity contribution in [2.75, 3.05) is 18.5 Å². The first-order valence-corrected chi connectivity index (χ1v) is 6.84. The predicted molar refractivity (Wildman–Crippen MR) is 78.9 cm³/mol. The monoisotopic (exact) mass is 273 g/mol. The summed E-state index contributed by atoms with van der Waals surface area (Å²) in [5, 5.41) is 0. The van der Waals surface area contributed by atoms with E-state index in [0.29, 0.717) is 5.84 Å². The summed E-state index contributed by atoms with van der Waals surface area (Å²) < 4.78 is 0. The normalized spacial score (nSPS) is 15.3. The first-order valence-electron chi connectivity index (χ1n) is 6.84. The van der Waals surface area contributed by atoms with E-state index in [9.17, 15) is 9.59 Å². The van der Waals surface area contributed by atoms with Crippen molar-refractivity contribution in [1.82, 2.24) is 4.90 Å². The van der Waals surface area contributed by atoms with Crippen molar-refractivity contribution in [3.8, 4) is 0 Å². The quantitative estimate of drug-likeness (QED) is 0.847. The van der Waals surface area contributed by atoms with Gasteiger partial charge >= 0.3 is 6.03 Å². The molecule has 0 radical (unpaired) electrons. The molecule has 3 amide bonds. The van der Waals surface area contributed by atoms with Crippen molar-refractivity contribution in [2.24, 2.45) is 4.99 Å². The van der Waals surface area contributed by atoms with Gasteiger partial charge in [0.05, 0.1) is 6.42 Å². The molecule has 0 N–H and O–H groups in total. The van der Waals surface area contributed by atoms with Gasteiger partial charge in [0, 0.05) is 19.3 Å². The number of anilines is 1. The second-order valence-electron chi connectivity index (χ2n) is 4.78. The first kappa shape index (κ1) is 14.2. The Hall–Kier alpha value is -2.17. The van der Waals surface area contributed by atoms with Crippen LogP contribution in [-0.2, 0) is 4.79 Å². The SMILES string of the molecule is CCCCN(C1=NC(=O)N(C)C(=O)C1)c1ccccc1. The maximum Gasteiger partial charge on any atom is 0.351 e. The predicted octanol–water partition coefficient (Wildman–Crippen LogP) is 2.67. The lowest BCUT2D eigenvalue weighted by atomic mass is 10.2. The number of unbranched alkanes of at least 4 members (excludes halogenated alkanes) is 1. The van der Waals surface area contributed by atoms with Crippen molar-refractivity contribution >= 4 is 23.5 Å². The zero-order valence-electron chi connectivity index (χ0n) is 11.9. The van der Waals surface area contributed by atoms with E-state index < -0.39 is 6.03 Å². The second kappa shape index (κ2) is 6.32. The first-order chi connectivity index (χ1) is 9.63. The molecule has 0 saturated carbocycles. The number of nitrogens with zero attached hydrogens (tertiary/aromatic N) is 3. The average Bonchev–Trinajstić information content (AvgIpc) is 2.46. The fraction of sp³-hybridized carbons (Fsp3) is 0.400. The molecule has 5 heteroatoms. The van der Waals surface area contributed by atoms with Crippen LogP contribution < -0.4 is 4.90 Å². The maximum atomic E-state index is 11.8. The maximum absolute atomic E-state index is 11.8. The van der Waals surface area contributed by atoms with E-state index in [-0.39, 0.29) is 12.3 Å². The van der Waals surface area contributed by atoms with Gasteiger partial charge in [-0.05, 0) is 18.6 Å². The fourth-order valence-electron chi connectivity index (χ4n) is 2.07. The van der Waals surface area contributed by atoms with E-state index in [0.717, 1.165) is 30.0 Å². The fourth-order valence-corrected chi connectivity index (χ4v) is 2.07. The van der Waals surface area contributed by atoms with Gasteiger partial charge in [-0.15, -0.1) is 0 Å². The van der Waals surface area contributed by atoms with Crippen LogP contribution in [-0.4, -0.2) is 36.3 Å². The number of hydrogen-bond acceptors (Lipinski definition) is 3. The average molecular weight is 273 g/mol. The molecule has 1 aromatic rings. The van der Waals surface area contributed by atoms with Crippen LogP contribution >= 0.6 is 0 Å². The van der Waals surface area contributed by atoms with Gasteiger partial charge in [-0.25, -0.2) is 4.79 Å². The van der Waals surface area contributed by atoms with Crippen LogP contribution in [0.3, 0.4) is 0 Å². The van der Waals surface area contributed by atoms with Crippen LogP contribution in [0.5, 0.6) is 0 Å². The highest BCUT2D eigenvalue weighted by Crippen LogP contribution is 2.19. The topological polar surface area (TPSA) is 53.0 Å². The number of imide groups is 1. The zero-order valence-corrected chi connectivity index (χ0v) is 11.9. The Labute approximate surface area is 118 Å². The number of carbonyl (C=O) groups excluding carboxylic acids is 2. The molecule has 1 aliphatic heterocycles. The highest BCUT2D eigenvalue weighted by atomic mass is 16.2. The zero-order chi connectivity index (χ0) is 14.5. The molecule has 0 aromatic heterocycles. The van der Waals surface area contributed by atoms with Crippen molar-refractivity contribution in [1.29, 1.82) is 0 Å². The number of urea groups is 1. The number of benzene rings is 1. The molecule has 0 aliphatic carbocycles. The highest BCUT2D eigenvalue weighted by molar-refractivity contribution is 6.18. The molecule has 0 spiro atoms. The van der Waals surface area contributed by atoms with Crippen LogP contribution in [0.4, 0.5) is 10.5 Å². The molecule has 0 bridgehead atoms. The van der Waals surface area contributed by atoms with Crippen LogP contribution in [0.2, 0.25) is 0 Å². The number of amidine groups is 1. The van der Waals surface area contributed by atoms with Gasteiger partial charge in [0.1, 0.15) is 5.84 Å². The van der Waals surface area contributed by atoms with E-state index in [1.807, 2.05) is 35.2 Å². The van der Waals surface area contributed by atoms with Gasteiger partial charge in [0.15, 0.2) is 0 Å². The number of para-hydroxylation sites is 1. The lowest BCUT2D eigenvalue weighted by Gasteiger charge is -2.29. The van der Waals surface area contributed by atoms with E-state index in [1.165, 1.54) is 7.05 Å². The Bertz CT molecular complexity index is 525. The smallest absolute Gasteiger partial charge is 0.329 e.